The van der Waals surface area contributed by atoms with Crippen LogP contribution in [0.2, 0.25) is 0 Å². The number of anilines is 2. The average molecular weight is 556 g/mol. The van der Waals surface area contributed by atoms with Crippen LogP contribution >= 0.6 is 0 Å². The number of aromatic nitrogens is 2. The van der Waals surface area contributed by atoms with Gasteiger partial charge in [0.25, 0.3) is 0 Å². The summed E-state index contributed by atoms with van der Waals surface area (Å²) in [5, 5.41) is 13.9. The van der Waals surface area contributed by atoms with Gasteiger partial charge in [-0.05, 0) is 56.9 Å². The molecule has 0 bridgehead atoms. The number of hydrogen-bond donors (Lipinski definition) is 1. The van der Waals surface area contributed by atoms with E-state index in [0.717, 1.165) is 39.3 Å². The van der Waals surface area contributed by atoms with Gasteiger partial charge < -0.3 is 24.8 Å². The number of nitrogens with one attached hydrogen (secondary N) is 1. The van der Waals surface area contributed by atoms with Crippen LogP contribution in [0.3, 0.4) is 0 Å². The molecule has 3 aromatic rings. The number of piperidine rings is 1. The number of carbonyl (C=O) groups excluding carboxylic acids is 2. The number of nitriles is 1. The fourth-order valence-electron chi connectivity index (χ4n) is 5.88. The number of methoxy groups -OCH3 is 1. The van der Waals surface area contributed by atoms with E-state index >= 15 is 0 Å². The smallest absolute Gasteiger partial charge is 0.241 e. The second-order valence-corrected chi connectivity index (χ2v) is 11.0. The lowest BCUT2D eigenvalue weighted by atomic mass is 9.94. The molecule has 0 radical (unpaired) electrons. The van der Waals surface area contributed by atoms with E-state index in [4.69, 9.17) is 9.72 Å². The molecule has 2 aliphatic rings. The fourth-order valence-corrected chi connectivity index (χ4v) is 5.88. The van der Waals surface area contributed by atoms with E-state index in [1.165, 1.54) is 0 Å². The number of rotatable bonds is 6. The molecule has 214 valence electrons. The average Bonchev–Trinajstić information content (AvgIpc) is 2.97. The van der Waals surface area contributed by atoms with E-state index in [0.29, 0.717) is 50.4 Å². The van der Waals surface area contributed by atoms with Gasteiger partial charge in [0.1, 0.15) is 17.4 Å². The Bertz CT molecular complexity index is 1520. The molecule has 0 aliphatic carbocycles. The normalized spacial score (nSPS) is 17.0. The molecule has 10 nitrogen and oxygen atoms in total. The van der Waals surface area contributed by atoms with Gasteiger partial charge in [-0.15, -0.1) is 0 Å². The van der Waals surface area contributed by atoms with Crippen molar-refractivity contribution in [2.24, 2.45) is 5.92 Å². The number of fused-ring (bicyclic) bond motifs is 1. The van der Waals surface area contributed by atoms with Crippen LogP contribution in [-0.2, 0) is 9.59 Å². The molecule has 1 atom stereocenters. The monoisotopic (exact) mass is 555 g/mol. The maximum atomic E-state index is 13.2. The van der Waals surface area contributed by atoms with Crippen LogP contribution in [0.15, 0.2) is 30.3 Å². The van der Waals surface area contributed by atoms with E-state index in [2.05, 4.69) is 34.3 Å². The van der Waals surface area contributed by atoms with Crippen molar-refractivity contribution in [3.8, 4) is 11.8 Å². The molecule has 2 fully saturated rings. The van der Waals surface area contributed by atoms with E-state index in [-0.39, 0.29) is 30.3 Å². The van der Waals surface area contributed by atoms with Crippen molar-refractivity contribution >= 4 is 34.2 Å². The highest BCUT2D eigenvalue weighted by molar-refractivity contribution is 5.94. The molecule has 1 aromatic heterocycles. The minimum Gasteiger partial charge on any atom is -0.495 e. The highest BCUT2D eigenvalue weighted by Crippen LogP contribution is 2.38. The summed E-state index contributed by atoms with van der Waals surface area (Å²) < 4.78 is 5.80. The second-order valence-electron chi connectivity index (χ2n) is 11.0. The third-order valence-electron chi connectivity index (χ3n) is 8.38. The lowest BCUT2D eigenvalue weighted by molar-refractivity contribution is -0.147. The molecule has 10 heteroatoms. The number of benzene rings is 2. The Morgan fingerprint density at radius 1 is 1.15 bits per heavy atom. The fraction of sp³-hybridized carbons (Fsp3) is 0.452. The van der Waals surface area contributed by atoms with Gasteiger partial charge in [0.05, 0.1) is 42.5 Å². The highest BCUT2D eigenvalue weighted by Gasteiger charge is 2.33. The molecule has 0 unspecified atom stereocenters. The molecule has 2 aromatic carbocycles. The standard InChI is InChI=1S/C31H37N7O3/c1-19-23(17-32)7-6-8-24(19)20(2)33-30-25-15-27(28(41-5)16-26(25)34-21(3)35-30)37-11-9-22(10-12-37)31(40)38-14-13-36(4)29(39)18-38/h6-8,15-16,20,22H,9-14,18H2,1-5H3,(H,33,34,35)/t20-/m1/s1. The van der Waals surface area contributed by atoms with Crippen LogP contribution in [-0.4, -0.2) is 78.5 Å². The second kappa shape index (κ2) is 11.6. The summed E-state index contributed by atoms with van der Waals surface area (Å²) in [6, 6.07) is 12.0. The Kier molecular flexibility index (Phi) is 7.97. The molecule has 5 rings (SSSR count). The summed E-state index contributed by atoms with van der Waals surface area (Å²) in [5.41, 5.74) is 4.36. The van der Waals surface area contributed by atoms with Crippen molar-refractivity contribution in [3.63, 3.8) is 0 Å². The summed E-state index contributed by atoms with van der Waals surface area (Å²) in [7, 11) is 3.44. The molecule has 41 heavy (non-hydrogen) atoms. The van der Waals surface area contributed by atoms with Gasteiger partial charge in [-0.3, -0.25) is 9.59 Å². The molecule has 3 heterocycles. The first-order valence-corrected chi connectivity index (χ1v) is 14.1. The molecule has 2 saturated heterocycles. The first-order valence-electron chi connectivity index (χ1n) is 14.1. The van der Waals surface area contributed by atoms with Gasteiger partial charge in [-0.25, -0.2) is 9.97 Å². The Morgan fingerprint density at radius 2 is 1.90 bits per heavy atom. The van der Waals surface area contributed by atoms with Crippen molar-refractivity contribution in [3.05, 3.63) is 52.8 Å². The van der Waals surface area contributed by atoms with Gasteiger partial charge in [-0.1, -0.05) is 12.1 Å². The zero-order valence-corrected chi connectivity index (χ0v) is 24.4. The molecular formula is C31H37N7O3. The SMILES string of the molecule is COc1cc2nc(C)nc(N[C@H](C)c3cccc(C#N)c3C)c2cc1N1CCC(C(=O)N2CCN(C)C(=O)C2)CC1. The molecule has 1 N–H and O–H groups in total. The number of carbonyl (C=O) groups is 2. The summed E-state index contributed by atoms with van der Waals surface area (Å²) in [4.78, 5) is 40.4. The molecule has 0 saturated carbocycles. The summed E-state index contributed by atoms with van der Waals surface area (Å²) >= 11 is 0. The third kappa shape index (κ3) is 5.62. The van der Waals surface area contributed by atoms with Crippen LogP contribution in [0.4, 0.5) is 11.5 Å². The lowest BCUT2D eigenvalue weighted by Gasteiger charge is -2.38. The van der Waals surface area contributed by atoms with Crippen LogP contribution < -0.4 is 15.0 Å². The van der Waals surface area contributed by atoms with E-state index in [1.54, 1.807) is 24.0 Å². The van der Waals surface area contributed by atoms with E-state index in [1.807, 2.05) is 38.1 Å². The maximum Gasteiger partial charge on any atom is 0.241 e. The predicted molar refractivity (Wildman–Crippen MR) is 158 cm³/mol. The minimum atomic E-state index is -0.0922. The van der Waals surface area contributed by atoms with Crippen LogP contribution in [0.5, 0.6) is 5.75 Å². The van der Waals surface area contributed by atoms with Crippen molar-refractivity contribution in [2.45, 2.75) is 39.7 Å². The van der Waals surface area contributed by atoms with Gasteiger partial charge in [0, 0.05) is 50.6 Å². The Balaban J connectivity index is 1.39. The lowest BCUT2D eigenvalue weighted by Crippen LogP contribution is -2.53. The molecular weight excluding hydrogens is 518 g/mol. The number of aryl methyl sites for hydroxylation is 1. The van der Waals surface area contributed by atoms with Crippen molar-refractivity contribution < 1.29 is 14.3 Å². The van der Waals surface area contributed by atoms with Gasteiger partial charge in [0.15, 0.2) is 0 Å². The summed E-state index contributed by atoms with van der Waals surface area (Å²) in [5.74, 6) is 2.07. The number of amides is 2. The first kappa shape index (κ1) is 28.1. The number of nitrogens with zero attached hydrogens (tertiary/aromatic N) is 6. The van der Waals surface area contributed by atoms with Crippen LogP contribution in [0.25, 0.3) is 10.9 Å². The number of ether oxygens (including phenoxy) is 1. The van der Waals surface area contributed by atoms with Crippen LogP contribution in [0.1, 0.15) is 48.3 Å². The Labute approximate surface area is 240 Å². The molecule has 2 amide bonds. The number of piperazine rings is 1. The maximum absolute atomic E-state index is 13.2. The molecule has 0 spiro atoms. The largest absolute Gasteiger partial charge is 0.495 e. The Hall–Kier alpha value is -4.39. The van der Waals surface area contributed by atoms with E-state index in [9.17, 15) is 14.9 Å². The Morgan fingerprint density at radius 3 is 2.59 bits per heavy atom. The quantitative estimate of drug-likeness (QED) is 0.488. The van der Waals surface area contributed by atoms with Crippen molar-refractivity contribution in [1.29, 1.82) is 5.26 Å². The zero-order chi connectivity index (χ0) is 29.3. The topological polar surface area (TPSA) is 115 Å². The zero-order valence-electron chi connectivity index (χ0n) is 24.4. The number of likely N-dealkylation sites (N-methyl/N-ethyl adjacent to an activating group) is 1. The van der Waals surface area contributed by atoms with Crippen LogP contribution in [0, 0.1) is 31.1 Å². The summed E-state index contributed by atoms with van der Waals surface area (Å²) in [6.07, 6.45) is 1.42. The first-order chi connectivity index (χ1) is 19.7. The van der Waals surface area contributed by atoms with Gasteiger partial charge in [-0.2, -0.15) is 5.26 Å². The van der Waals surface area contributed by atoms with E-state index < -0.39 is 0 Å². The number of hydrogen-bond acceptors (Lipinski definition) is 8. The third-order valence-corrected chi connectivity index (χ3v) is 8.38. The van der Waals surface area contributed by atoms with Crippen molar-refractivity contribution in [2.75, 3.05) is 57.1 Å². The van der Waals surface area contributed by atoms with Gasteiger partial charge >= 0.3 is 0 Å². The highest BCUT2D eigenvalue weighted by atomic mass is 16.5. The molecule has 2 aliphatic heterocycles. The predicted octanol–water partition coefficient (Wildman–Crippen LogP) is 3.82. The van der Waals surface area contributed by atoms with Gasteiger partial charge in [0.2, 0.25) is 11.8 Å². The summed E-state index contributed by atoms with van der Waals surface area (Å²) in [6.45, 7) is 8.64. The van der Waals surface area contributed by atoms with Crippen molar-refractivity contribution in [1.82, 2.24) is 19.8 Å². The minimum absolute atomic E-state index is 0.00736.